The lowest BCUT2D eigenvalue weighted by molar-refractivity contribution is -0.149. The third kappa shape index (κ3) is 2.36. The van der Waals surface area contributed by atoms with E-state index in [0.29, 0.717) is 6.54 Å². The van der Waals surface area contributed by atoms with E-state index in [0.717, 1.165) is 38.7 Å². The Bertz CT molecular complexity index is 378. The fraction of sp³-hybridized carbons (Fsp3) is 0.857. The van der Waals surface area contributed by atoms with E-state index in [1.807, 2.05) is 0 Å². The van der Waals surface area contributed by atoms with Gasteiger partial charge in [0.1, 0.15) is 0 Å². The molecule has 2 aliphatic carbocycles. The number of carbonyl (C=O) groups excluding carboxylic acids is 1. The second-order valence-electron chi connectivity index (χ2n) is 6.10. The third-order valence-electron chi connectivity index (χ3n) is 5.03. The first-order valence-electron chi connectivity index (χ1n) is 7.29. The zero-order valence-corrected chi connectivity index (χ0v) is 11.0. The Morgan fingerprint density at radius 3 is 2.53 bits per heavy atom. The highest BCUT2D eigenvalue weighted by molar-refractivity contribution is 5.86. The van der Waals surface area contributed by atoms with E-state index in [1.165, 1.54) is 0 Å². The smallest absolute Gasteiger partial charge is 0.307 e. The predicted molar refractivity (Wildman–Crippen MR) is 67.4 cm³/mol. The largest absolute Gasteiger partial charge is 0.481 e. The standard InChI is InChI=1S/C14H21NO4/c16-13(15-7-10-2-1-5-19-10)11-8-3-4-9(6-8)12(11)14(17)18/h8-12H,1-7H2,(H,15,16)(H,17,18)/t8-,9-,10+,11+,12+/m0/s1. The van der Waals surface area contributed by atoms with E-state index in [1.54, 1.807) is 0 Å². The summed E-state index contributed by atoms with van der Waals surface area (Å²) in [5.74, 6) is -1.18. The van der Waals surface area contributed by atoms with Gasteiger partial charge in [0, 0.05) is 13.2 Å². The first-order chi connectivity index (χ1) is 9.16. The van der Waals surface area contributed by atoms with Crippen molar-refractivity contribution in [2.45, 2.75) is 38.2 Å². The van der Waals surface area contributed by atoms with Gasteiger partial charge in [0.25, 0.3) is 0 Å². The molecule has 1 heterocycles. The van der Waals surface area contributed by atoms with E-state index in [9.17, 15) is 14.7 Å². The van der Waals surface area contributed by atoms with Crippen LogP contribution in [0.5, 0.6) is 0 Å². The SMILES string of the molecule is O=C(O)[C@@H]1[C@H]2CC[C@@H](C2)[C@H]1C(=O)NC[C@H]1CCCO1. The molecule has 2 bridgehead atoms. The molecule has 0 aromatic heterocycles. The topological polar surface area (TPSA) is 75.6 Å². The lowest BCUT2D eigenvalue weighted by atomic mass is 9.78. The normalized spacial score (nSPS) is 40.5. The average molecular weight is 267 g/mol. The monoisotopic (exact) mass is 267 g/mol. The molecule has 106 valence electrons. The summed E-state index contributed by atoms with van der Waals surface area (Å²) in [6.07, 6.45) is 5.04. The first-order valence-corrected chi connectivity index (χ1v) is 7.29. The minimum atomic E-state index is -0.801. The van der Waals surface area contributed by atoms with Crippen molar-refractivity contribution in [2.75, 3.05) is 13.2 Å². The highest BCUT2D eigenvalue weighted by Crippen LogP contribution is 2.52. The van der Waals surface area contributed by atoms with Crippen molar-refractivity contribution in [1.29, 1.82) is 0 Å². The number of carboxylic acid groups (broad SMARTS) is 1. The number of hydrogen-bond donors (Lipinski definition) is 2. The van der Waals surface area contributed by atoms with Crippen LogP contribution in [0.4, 0.5) is 0 Å². The van der Waals surface area contributed by atoms with Gasteiger partial charge in [-0.1, -0.05) is 0 Å². The summed E-state index contributed by atoms with van der Waals surface area (Å²) in [6, 6.07) is 0. The van der Waals surface area contributed by atoms with Gasteiger partial charge >= 0.3 is 5.97 Å². The molecule has 0 aromatic carbocycles. The summed E-state index contributed by atoms with van der Waals surface area (Å²) in [5, 5.41) is 12.2. The van der Waals surface area contributed by atoms with Crippen molar-refractivity contribution >= 4 is 11.9 Å². The molecule has 1 amide bonds. The molecule has 5 nitrogen and oxygen atoms in total. The number of hydrogen-bond acceptors (Lipinski definition) is 3. The number of carboxylic acids is 1. The van der Waals surface area contributed by atoms with Gasteiger partial charge in [-0.15, -0.1) is 0 Å². The Morgan fingerprint density at radius 1 is 1.16 bits per heavy atom. The summed E-state index contributed by atoms with van der Waals surface area (Å²) in [5.41, 5.74) is 0. The highest BCUT2D eigenvalue weighted by Gasteiger charge is 2.53. The number of ether oxygens (including phenoxy) is 1. The minimum absolute atomic E-state index is 0.0740. The van der Waals surface area contributed by atoms with Crippen LogP contribution < -0.4 is 5.32 Å². The molecule has 5 heteroatoms. The van der Waals surface area contributed by atoms with Crippen LogP contribution in [-0.4, -0.2) is 36.2 Å². The Morgan fingerprint density at radius 2 is 1.89 bits per heavy atom. The molecule has 1 aliphatic heterocycles. The van der Waals surface area contributed by atoms with Crippen LogP contribution in [0, 0.1) is 23.7 Å². The molecule has 0 spiro atoms. The van der Waals surface area contributed by atoms with Crippen LogP contribution in [0.1, 0.15) is 32.1 Å². The van der Waals surface area contributed by atoms with Crippen LogP contribution in [0.25, 0.3) is 0 Å². The van der Waals surface area contributed by atoms with Gasteiger partial charge < -0.3 is 15.2 Å². The van der Waals surface area contributed by atoms with E-state index in [-0.39, 0.29) is 29.8 Å². The summed E-state index contributed by atoms with van der Waals surface area (Å²) in [6.45, 7) is 1.30. The number of fused-ring (bicyclic) bond motifs is 2. The molecule has 0 radical (unpaired) electrons. The van der Waals surface area contributed by atoms with E-state index in [2.05, 4.69) is 5.32 Å². The molecular weight excluding hydrogens is 246 g/mol. The zero-order chi connectivity index (χ0) is 13.4. The second kappa shape index (κ2) is 5.12. The molecular formula is C14H21NO4. The molecule has 2 saturated carbocycles. The van der Waals surface area contributed by atoms with Crippen LogP contribution >= 0.6 is 0 Å². The van der Waals surface area contributed by atoms with Crippen molar-refractivity contribution in [3.8, 4) is 0 Å². The van der Waals surface area contributed by atoms with Gasteiger partial charge in [-0.2, -0.15) is 0 Å². The summed E-state index contributed by atoms with van der Waals surface area (Å²) in [7, 11) is 0. The Balaban J connectivity index is 1.60. The fourth-order valence-electron chi connectivity index (χ4n) is 4.16. The van der Waals surface area contributed by atoms with Crippen LogP contribution in [0.15, 0.2) is 0 Å². The Labute approximate surface area is 112 Å². The maximum Gasteiger partial charge on any atom is 0.307 e. The van der Waals surface area contributed by atoms with Gasteiger partial charge in [0.15, 0.2) is 0 Å². The maximum atomic E-state index is 12.3. The van der Waals surface area contributed by atoms with Gasteiger partial charge in [-0.25, -0.2) is 0 Å². The molecule has 19 heavy (non-hydrogen) atoms. The highest BCUT2D eigenvalue weighted by atomic mass is 16.5. The van der Waals surface area contributed by atoms with E-state index >= 15 is 0 Å². The van der Waals surface area contributed by atoms with Crippen molar-refractivity contribution in [3.63, 3.8) is 0 Å². The zero-order valence-electron chi connectivity index (χ0n) is 11.0. The molecule has 3 fully saturated rings. The van der Waals surface area contributed by atoms with Crippen LogP contribution in [-0.2, 0) is 14.3 Å². The number of carbonyl (C=O) groups is 2. The van der Waals surface area contributed by atoms with E-state index < -0.39 is 11.9 Å². The third-order valence-corrected chi connectivity index (χ3v) is 5.03. The lowest BCUT2D eigenvalue weighted by Gasteiger charge is -2.27. The number of amides is 1. The van der Waals surface area contributed by atoms with E-state index in [4.69, 9.17) is 4.74 Å². The molecule has 0 aromatic rings. The van der Waals surface area contributed by atoms with Crippen LogP contribution in [0.2, 0.25) is 0 Å². The summed E-state index contributed by atoms with van der Waals surface area (Å²) >= 11 is 0. The molecule has 5 atom stereocenters. The van der Waals surface area contributed by atoms with Gasteiger partial charge in [-0.3, -0.25) is 9.59 Å². The molecule has 3 aliphatic rings. The minimum Gasteiger partial charge on any atom is -0.481 e. The second-order valence-corrected chi connectivity index (χ2v) is 6.10. The van der Waals surface area contributed by atoms with Crippen molar-refractivity contribution in [3.05, 3.63) is 0 Å². The summed E-state index contributed by atoms with van der Waals surface area (Å²) < 4.78 is 5.47. The van der Waals surface area contributed by atoms with Crippen molar-refractivity contribution in [2.24, 2.45) is 23.7 Å². The quantitative estimate of drug-likeness (QED) is 0.797. The molecule has 3 rings (SSSR count). The molecule has 0 unspecified atom stereocenters. The number of rotatable bonds is 4. The Kier molecular flexibility index (Phi) is 3.48. The fourth-order valence-corrected chi connectivity index (χ4v) is 4.16. The predicted octanol–water partition coefficient (Wildman–Crippen LogP) is 1.03. The van der Waals surface area contributed by atoms with Crippen LogP contribution in [0.3, 0.4) is 0 Å². The molecule has 1 saturated heterocycles. The van der Waals surface area contributed by atoms with Crippen molar-refractivity contribution < 1.29 is 19.4 Å². The van der Waals surface area contributed by atoms with Gasteiger partial charge in [0.2, 0.25) is 5.91 Å². The average Bonchev–Trinajstić information content (AvgIpc) is 3.10. The van der Waals surface area contributed by atoms with Gasteiger partial charge in [-0.05, 0) is 43.9 Å². The Hall–Kier alpha value is -1.10. The molecule has 2 N–H and O–H groups in total. The summed E-state index contributed by atoms with van der Waals surface area (Å²) in [4.78, 5) is 23.6. The van der Waals surface area contributed by atoms with Gasteiger partial charge in [0.05, 0.1) is 17.9 Å². The number of nitrogens with one attached hydrogen (secondary N) is 1. The van der Waals surface area contributed by atoms with Crippen molar-refractivity contribution in [1.82, 2.24) is 5.32 Å². The lowest BCUT2D eigenvalue weighted by Crippen LogP contribution is -2.43. The number of aliphatic carboxylic acids is 1. The maximum absolute atomic E-state index is 12.3. The first kappa shape index (κ1) is 12.9.